The van der Waals surface area contributed by atoms with E-state index in [0.29, 0.717) is 38.1 Å². The molecular weight excluding hydrogens is 1030 g/mol. The first-order valence-electron chi connectivity index (χ1n) is 30.1. The van der Waals surface area contributed by atoms with Crippen LogP contribution in [0, 0.1) is 47.3 Å². The SMILES string of the molecule is C=C(CCC(=O)O[C@H]1CC(=O)O[C@H](CCC2[C@@H](C)C=CC3=C[C@H](C)C[C@H](OC(=O)[C@@H](C)CC)[C@@H]32)C1)OCCN(C)[C@@H]1C[C@@H](C)O[C@@H](O[C@@H]2[C@@H](C)[C@H](O)[C@@H](C)C(=O)O[C@H](CC)[C@@](C)(O)[C@H](O)[C@@H](C)N(C)C[C@H](C)C[C@@]2(C)O)[C@H]1N(C)C. The maximum Gasteiger partial charge on any atom is 0.311 e. The summed E-state index contributed by atoms with van der Waals surface area (Å²) < 4.78 is 43.4. The number of carbonyl (C=O) groups is 4. The standard InChI is InChI=1S/C62H105N3O15/c1-18-37(5)58(70)78-49-29-35(3)28-44-22-20-38(6)47(53(44)49)24-23-45-31-46(32-52(67)76-45)77-51(66)25-21-39(7)74-27-26-64(16)48-30-40(8)75-60(54(48)63(14)15)80-57-41(9)55(68)42(10)59(71)79-50(19-2)62(13,73)56(69)43(11)65(17)34-36(4)33-61(57,12)72/h20,22,28,35-38,40-43,45-50,53-57,60,68-69,72-73H,7,18-19,21,23-27,29-34H2,1-6,8-17H3/t35-,36+,37-,38-,40+,41-,42+,43+,45+,46+,47?,48+,49-,50+,53-,54-,55-,56+,57+,60-,61+,62+/m0/s1. The third-order valence-electron chi connectivity index (χ3n) is 18.5. The van der Waals surface area contributed by atoms with Crippen LogP contribution in [0.15, 0.2) is 36.1 Å². The van der Waals surface area contributed by atoms with Gasteiger partial charge < -0.3 is 63.4 Å². The molecule has 18 nitrogen and oxygen atoms in total. The first-order chi connectivity index (χ1) is 37.4. The minimum Gasteiger partial charge on any atom is -0.497 e. The molecule has 0 aromatic heterocycles. The van der Waals surface area contributed by atoms with E-state index in [-0.39, 0.29) is 104 Å². The zero-order valence-corrected chi connectivity index (χ0v) is 51.5. The van der Waals surface area contributed by atoms with E-state index in [4.69, 9.17) is 33.2 Å². The van der Waals surface area contributed by atoms with Gasteiger partial charge in [-0.15, -0.1) is 0 Å². The minimum atomic E-state index is -1.79. The van der Waals surface area contributed by atoms with Gasteiger partial charge in [0.05, 0.1) is 60.4 Å². The van der Waals surface area contributed by atoms with Crippen LogP contribution >= 0.6 is 0 Å². The van der Waals surface area contributed by atoms with Gasteiger partial charge in [-0.05, 0) is 137 Å². The fraction of sp³-hybridized carbons (Fsp3) is 0.839. The van der Waals surface area contributed by atoms with Crippen LogP contribution in [0.4, 0.5) is 0 Å². The zero-order chi connectivity index (χ0) is 59.7. The molecule has 18 heteroatoms. The van der Waals surface area contributed by atoms with Crippen LogP contribution in [0.2, 0.25) is 0 Å². The summed E-state index contributed by atoms with van der Waals surface area (Å²) in [5.41, 5.74) is -2.13. The fourth-order valence-corrected chi connectivity index (χ4v) is 13.5. The molecule has 3 heterocycles. The van der Waals surface area contributed by atoms with Crippen molar-refractivity contribution in [2.24, 2.45) is 47.3 Å². The summed E-state index contributed by atoms with van der Waals surface area (Å²) in [6, 6.07) is -1.03. The minimum absolute atomic E-state index is 0.00899. The summed E-state index contributed by atoms with van der Waals surface area (Å²) in [5.74, 6) is -2.75. The number of aliphatic hydroxyl groups excluding tert-OH is 2. The first kappa shape index (κ1) is 67.3. The van der Waals surface area contributed by atoms with Crippen molar-refractivity contribution >= 4 is 23.9 Å². The summed E-state index contributed by atoms with van der Waals surface area (Å²) >= 11 is 0. The molecule has 2 aliphatic carbocycles. The Balaban J connectivity index is 1.17. The van der Waals surface area contributed by atoms with E-state index in [9.17, 15) is 39.6 Å². The van der Waals surface area contributed by atoms with Gasteiger partial charge in [0.15, 0.2) is 6.29 Å². The quantitative estimate of drug-likeness (QED) is 0.0581. The molecule has 0 aromatic carbocycles. The van der Waals surface area contributed by atoms with Gasteiger partial charge in [-0.25, -0.2) is 0 Å². The number of fused-ring (bicyclic) bond motifs is 1. The maximum absolute atomic E-state index is 13.8. The summed E-state index contributed by atoms with van der Waals surface area (Å²) in [7, 11) is 7.73. The number of allylic oxidation sites excluding steroid dienone is 4. The molecule has 5 aliphatic rings. The lowest BCUT2D eigenvalue weighted by molar-refractivity contribution is -0.287. The van der Waals surface area contributed by atoms with Crippen molar-refractivity contribution in [1.82, 2.24) is 14.7 Å². The second-order valence-corrected chi connectivity index (χ2v) is 25.8. The monoisotopic (exact) mass is 1130 g/mol. The highest BCUT2D eigenvalue weighted by Gasteiger charge is 2.51. The average molecular weight is 1130 g/mol. The van der Waals surface area contributed by atoms with Gasteiger partial charge in [-0.1, -0.05) is 73.3 Å². The molecule has 3 fully saturated rings. The van der Waals surface area contributed by atoms with E-state index >= 15 is 0 Å². The van der Waals surface area contributed by atoms with Crippen molar-refractivity contribution in [3.8, 4) is 0 Å². The summed E-state index contributed by atoms with van der Waals surface area (Å²) in [6.07, 6.45) is 4.24. The second-order valence-electron chi connectivity index (χ2n) is 25.8. The molecule has 4 N–H and O–H groups in total. The van der Waals surface area contributed by atoms with Gasteiger partial charge >= 0.3 is 23.9 Å². The highest BCUT2D eigenvalue weighted by atomic mass is 16.7. The van der Waals surface area contributed by atoms with Gasteiger partial charge in [0, 0.05) is 49.9 Å². The third-order valence-corrected chi connectivity index (χ3v) is 18.5. The Labute approximate surface area is 479 Å². The van der Waals surface area contributed by atoms with Crippen molar-refractivity contribution in [2.45, 2.75) is 238 Å². The van der Waals surface area contributed by atoms with Gasteiger partial charge in [0.1, 0.15) is 42.7 Å². The fourth-order valence-electron chi connectivity index (χ4n) is 13.5. The van der Waals surface area contributed by atoms with Crippen LogP contribution in [0.3, 0.4) is 0 Å². The molecule has 0 amide bonds. The van der Waals surface area contributed by atoms with Gasteiger partial charge in [0.2, 0.25) is 0 Å². The second kappa shape index (κ2) is 29.4. The van der Waals surface area contributed by atoms with E-state index in [0.717, 1.165) is 19.3 Å². The van der Waals surface area contributed by atoms with Crippen LogP contribution in [-0.2, 0) is 52.3 Å². The van der Waals surface area contributed by atoms with Crippen LogP contribution < -0.4 is 0 Å². The predicted molar refractivity (Wildman–Crippen MR) is 304 cm³/mol. The van der Waals surface area contributed by atoms with Crippen LogP contribution in [0.5, 0.6) is 0 Å². The summed E-state index contributed by atoms with van der Waals surface area (Å²) in [5, 5.41) is 47.6. The Bertz CT molecular complexity index is 2120. The Morgan fingerprint density at radius 1 is 0.950 bits per heavy atom. The van der Waals surface area contributed by atoms with Gasteiger partial charge in [0.25, 0.3) is 0 Å². The molecule has 458 valence electrons. The van der Waals surface area contributed by atoms with Gasteiger partial charge in [-0.3, -0.25) is 24.1 Å². The molecule has 0 radical (unpaired) electrons. The molecule has 22 atom stereocenters. The maximum atomic E-state index is 13.8. The number of carbonyl (C=O) groups excluding carboxylic acids is 4. The summed E-state index contributed by atoms with van der Waals surface area (Å²) in [6.45, 7) is 27.5. The number of aliphatic hydroxyl groups is 4. The van der Waals surface area contributed by atoms with E-state index in [1.54, 1.807) is 34.6 Å². The molecule has 80 heavy (non-hydrogen) atoms. The topological polar surface area (TPSA) is 224 Å². The predicted octanol–water partition coefficient (Wildman–Crippen LogP) is 6.99. The molecule has 1 unspecified atom stereocenters. The van der Waals surface area contributed by atoms with Crippen molar-refractivity contribution in [3.63, 3.8) is 0 Å². The molecule has 3 saturated heterocycles. The third kappa shape index (κ3) is 17.3. The molecule has 0 saturated carbocycles. The Morgan fingerprint density at radius 3 is 2.29 bits per heavy atom. The lowest BCUT2D eigenvalue weighted by Gasteiger charge is -2.50. The lowest BCUT2D eigenvalue weighted by Crippen LogP contribution is -2.63. The number of hydrogen-bond donors (Lipinski definition) is 4. The highest BCUT2D eigenvalue weighted by molar-refractivity contribution is 5.74. The number of ether oxygens (including phenoxy) is 7. The summed E-state index contributed by atoms with van der Waals surface area (Å²) in [4.78, 5) is 59.1. The van der Waals surface area contributed by atoms with E-state index in [1.807, 2.05) is 65.7 Å². The van der Waals surface area contributed by atoms with Crippen molar-refractivity contribution in [3.05, 3.63) is 36.1 Å². The Kier molecular flexibility index (Phi) is 24.7. The number of hydrogen-bond acceptors (Lipinski definition) is 18. The first-order valence-corrected chi connectivity index (χ1v) is 30.1. The highest BCUT2D eigenvalue weighted by Crippen LogP contribution is 2.46. The van der Waals surface area contributed by atoms with Crippen molar-refractivity contribution in [2.75, 3.05) is 47.9 Å². The smallest absolute Gasteiger partial charge is 0.311 e. The van der Waals surface area contributed by atoms with Crippen molar-refractivity contribution < 1.29 is 72.8 Å². The molecular formula is C62H105N3O15. The zero-order valence-electron chi connectivity index (χ0n) is 51.5. The number of rotatable bonds is 19. The number of esters is 4. The normalized spacial score (nSPS) is 40.1. The van der Waals surface area contributed by atoms with E-state index < -0.39 is 89.9 Å². The largest absolute Gasteiger partial charge is 0.497 e. The van der Waals surface area contributed by atoms with Crippen LogP contribution in [0.25, 0.3) is 0 Å². The molecule has 0 spiro atoms. The Hall–Kier alpha value is -3.46. The number of cyclic esters (lactones) is 2. The van der Waals surface area contributed by atoms with E-state index in [1.165, 1.54) is 12.5 Å². The van der Waals surface area contributed by atoms with Crippen LogP contribution in [-0.4, -0.2) is 191 Å². The Morgan fingerprint density at radius 2 is 1.64 bits per heavy atom. The average Bonchev–Trinajstić information content (AvgIpc) is 3.38. The molecule has 3 aliphatic heterocycles. The molecule has 0 aromatic rings. The van der Waals surface area contributed by atoms with E-state index in [2.05, 4.69) is 43.6 Å². The van der Waals surface area contributed by atoms with Crippen molar-refractivity contribution in [1.29, 1.82) is 0 Å². The van der Waals surface area contributed by atoms with Crippen LogP contribution in [0.1, 0.15) is 154 Å². The molecule has 5 rings (SSSR count). The number of nitrogens with zero attached hydrogens (tertiary/aromatic N) is 3. The molecule has 0 bridgehead atoms. The lowest BCUT2D eigenvalue weighted by atomic mass is 9.65. The number of likely N-dealkylation sites (N-methyl/N-ethyl adjacent to an activating group) is 3. The van der Waals surface area contributed by atoms with Gasteiger partial charge in [-0.2, -0.15) is 0 Å².